The van der Waals surface area contributed by atoms with E-state index < -0.39 is 6.10 Å². The highest BCUT2D eigenvalue weighted by molar-refractivity contribution is 5.94. The Morgan fingerprint density at radius 3 is 2.86 bits per heavy atom. The molecule has 2 fully saturated rings. The summed E-state index contributed by atoms with van der Waals surface area (Å²) in [6.07, 6.45) is 6.30. The largest absolute Gasteiger partial charge is 0.392 e. The van der Waals surface area contributed by atoms with Gasteiger partial charge in [-0.3, -0.25) is 9.48 Å². The molecule has 116 valence electrons. The van der Waals surface area contributed by atoms with Crippen LogP contribution < -0.4 is 10.6 Å². The highest BCUT2D eigenvalue weighted by Gasteiger charge is 2.29. The summed E-state index contributed by atoms with van der Waals surface area (Å²) in [5.41, 5.74) is 1.09. The van der Waals surface area contributed by atoms with Gasteiger partial charge in [0, 0.05) is 25.6 Å². The fourth-order valence-corrected chi connectivity index (χ4v) is 3.33. The van der Waals surface area contributed by atoms with Crippen LogP contribution in [0.4, 0.5) is 5.82 Å². The molecule has 0 aromatic carbocycles. The number of anilines is 1. The third-order valence-corrected chi connectivity index (χ3v) is 4.60. The van der Waals surface area contributed by atoms with E-state index in [1.165, 1.54) is 32.1 Å². The molecule has 6 nitrogen and oxygen atoms in total. The number of hydrogen-bond donors (Lipinski definition) is 3. The van der Waals surface area contributed by atoms with Gasteiger partial charge in [0.1, 0.15) is 5.82 Å². The molecule has 0 spiro atoms. The zero-order valence-electron chi connectivity index (χ0n) is 12.5. The van der Waals surface area contributed by atoms with Crippen molar-refractivity contribution in [2.45, 2.75) is 56.6 Å². The van der Waals surface area contributed by atoms with Crippen molar-refractivity contribution in [2.24, 2.45) is 7.05 Å². The van der Waals surface area contributed by atoms with Crippen molar-refractivity contribution in [3.05, 3.63) is 11.8 Å². The summed E-state index contributed by atoms with van der Waals surface area (Å²) in [4.78, 5) is 12.2. The van der Waals surface area contributed by atoms with E-state index in [1.54, 1.807) is 4.68 Å². The summed E-state index contributed by atoms with van der Waals surface area (Å²) < 4.78 is 1.74. The lowest BCUT2D eigenvalue weighted by atomic mass is 9.87. The van der Waals surface area contributed by atoms with Crippen LogP contribution >= 0.6 is 0 Å². The van der Waals surface area contributed by atoms with Crippen molar-refractivity contribution in [1.29, 1.82) is 0 Å². The minimum atomic E-state index is -0.426. The number of nitrogens with zero attached hydrogens (tertiary/aromatic N) is 2. The molecular weight excluding hydrogens is 268 g/mol. The number of hydrogen-bond acceptors (Lipinski definition) is 4. The van der Waals surface area contributed by atoms with Crippen LogP contribution in [0.25, 0.3) is 0 Å². The van der Waals surface area contributed by atoms with Crippen LogP contribution in [0.15, 0.2) is 6.07 Å². The number of amides is 1. The number of aromatic nitrogens is 2. The zero-order chi connectivity index (χ0) is 14.8. The highest BCUT2D eigenvalue weighted by Crippen LogP contribution is 2.32. The summed E-state index contributed by atoms with van der Waals surface area (Å²) in [6.45, 7) is 0.483. The number of nitrogens with one attached hydrogen (secondary N) is 2. The standard InChI is InChI=1S/C15H24N4O2/c1-19-14(17-15(21)13-7-11(20)9-16-13)8-12(18-19)10-5-3-2-4-6-10/h8,10-11,13,16,20H,2-7,9H2,1H3,(H,17,21). The average Bonchev–Trinajstić information content (AvgIpc) is 3.07. The number of carbonyl (C=O) groups is 1. The Morgan fingerprint density at radius 1 is 1.43 bits per heavy atom. The van der Waals surface area contributed by atoms with Gasteiger partial charge in [-0.25, -0.2) is 0 Å². The second kappa shape index (κ2) is 6.15. The molecule has 1 saturated heterocycles. The number of rotatable bonds is 3. The lowest BCUT2D eigenvalue weighted by Gasteiger charge is -2.19. The van der Waals surface area contributed by atoms with Crippen molar-refractivity contribution in [2.75, 3.05) is 11.9 Å². The maximum Gasteiger partial charge on any atom is 0.242 e. The quantitative estimate of drug-likeness (QED) is 0.780. The zero-order valence-corrected chi connectivity index (χ0v) is 12.5. The number of aliphatic hydroxyl groups excluding tert-OH is 1. The molecule has 3 rings (SSSR count). The molecule has 6 heteroatoms. The molecule has 1 aliphatic heterocycles. The van der Waals surface area contributed by atoms with E-state index in [2.05, 4.69) is 15.7 Å². The van der Waals surface area contributed by atoms with E-state index >= 15 is 0 Å². The first-order chi connectivity index (χ1) is 10.1. The minimum absolute atomic E-state index is 0.0928. The first-order valence-corrected chi connectivity index (χ1v) is 7.89. The molecule has 2 atom stereocenters. The molecule has 1 aromatic heterocycles. The van der Waals surface area contributed by atoms with Gasteiger partial charge in [0.2, 0.25) is 5.91 Å². The van der Waals surface area contributed by atoms with Gasteiger partial charge in [0.15, 0.2) is 0 Å². The predicted molar refractivity (Wildman–Crippen MR) is 80.1 cm³/mol. The predicted octanol–water partition coefficient (Wildman–Crippen LogP) is 1.13. The summed E-state index contributed by atoms with van der Waals surface area (Å²) in [7, 11) is 1.86. The Bertz CT molecular complexity index is 508. The van der Waals surface area contributed by atoms with E-state index in [0.29, 0.717) is 18.9 Å². The number of aryl methyl sites for hydroxylation is 1. The van der Waals surface area contributed by atoms with Gasteiger partial charge in [-0.2, -0.15) is 5.10 Å². The Hall–Kier alpha value is -1.40. The molecule has 0 bridgehead atoms. The van der Waals surface area contributed by atoms with E-state index in [9.17, 15) is 9.90 Å². The van der Waals surface area contributed by atoms with Crippen LogP contribution in [0.2, 0.25) is 0 Å². The lowest BCUT2D eigenvalue weighted by molar-refractivity contribution is -0.118. The second-order valence-corrected chi connectivity index (χ2v) is 6.25. The summed E-state index contributed by atoms with van der Waals surface area (Å²) >= 11 is 0. The normalized spacial score (nSPS) is 27.0. The van der Waals surface area contributed by atoms with Gasteiger partial charge in [0.05, 0.1) is 17.8 Å². The van der Waals surface area contributed by atoms with Crippen molar-refractivity contribution >= 4 is 11.7 Å². The Kier molecular flexibility index (Phi) is 4.26. The Morgan fingerprint density at radius 2 is 2.19 bits per heavy atom. The van der Waals surface area contributed by atoms with E-state index in [0.717, 1.165) is 11.5 Å². The van der Waals surface area contributed by atoms with Crippen LogP contribution in [0.3, 0.4) is 0 Å². The fraction of sp³-hybridized carbons (Fsp3) is 0.733. The topological polar surface area (TPSA) is 79.2 Å². The van der Waals surface area contributed by atoms with Crippen molar-refractivity contribution in [3.8, 4) is 0 Å². The molecule has 0 radical (unpaired) electrons. The molecular formula is C15H24N4O2. The van der Waals surface area contributed by atoms with E-state index in [1.807, 2.05) is 13.1 Å². The van der Waals surface area contributed by atoms with Crippen LogP contribution in [0.5, 0.6) is 0 Å². The smallest absolute Gasteiger partial charge is 0.242 e. The number of β-amino-alcohol motifs (C(OH)–C–C–N with tert-alkyl or cyclic N) is 1. The minimum Gasteiger partial charge on any atom is -0.392 e. The maximum atomic E-state index is 12.2. The molecule has 2 heterocycles. The van der Waals surface area contributed by atoms with Crippen LogP contribution in [-0.2, 0) is 11.8 Å². The molecule has 3 N–H and O–H groups in total. The Balaban J connectivity index is 1.65. The first-order valence-electron chi connectivity index (χ1n) is 7.89. The van der Waals surface area contributed by atoms with Crippen molar-refractivity contribution in [3.63, 3.8) is 0 Å². The molecule has 1 saturated carbocycles. The van der Waals surface area contributed by atoms with Gasteiger partial charge >= 0.3 is 0 Å². The SMILES string of the molecule is Cn1nc(C2CCCCC2)cc1NC(=O)C1CC(O)CN1. The first kappa shape index (κ1) is 14.5. The molecule has 1 aliphatic carbocycles. The maximum absolute atomic E-state index is 12.2. The van der Waals surface area contributed by atoms with Crippen molar-refractivity contribution in [1.82, 2.24) is 15.1 Å². The van der Waals surface area contributed by atoms with Crippen molar-refractivity contribution < 1.29 is 9.90 Å². The third-order valence-electron chi connectivity index (χ3n) is 4.60. The highest BCUT2D eigenvalue weighted by atomic mass is 16.3. The Labute approximate surface area is 124 Å². The number of aliphatic hydroxyl groups is 1. The fourth-order valence-electron chi connectivity index (χ4n) is 3.33. The molecule has 2 aliphatic rings. The molecule has 2 unspecified atom stereocenters. The molecule has 1 amide bonds. The summed E-state index contributed by atoms with van der Waals surface area (Å²) in [5, 5.41) is 20.0. The summed E-state index contributed by atoms with van der Waals surface area (Å²) in [6, 6.07) is 1.69. The summed E-state index contributed by atoms with van der Waals surface area (Å²) in [5.74, 6) is 1.18. The van der Waals surface area contributed by atoms with Gasteiger partial charge in [0.25, 0.3) is 0 Å². The van der Waals surface area contributed by atoms with Crippen LogP contribution in [0.1, 0.15) is 50.1 Å². The monoisotopic (exact) mass is 292 g/mol. The van der Waals surface area contributed by atoms with Gasteiger partial charge in [-0.15, -0.1) is 0 Å². The number of carbonyl (C=O) groups excluding carboxylic acids is 1. The van der Waals surface area contributed by atoms with E-state index in [-0.39, 0.29) is 11.9 Å². The van der Waals surface area contributed by atoms with Gasteiger partial charge in [-0.1, -0.05) is 19.3 Å². The lowest BCUT2D eigenvalue weighted by Crippen LogP contribution is -2.35. The van der Waals surface area contributed by atoms with E-state index in [4.69, 9.17) is 0 Å². The van der Waals surface area contributed by atoms with Gasteiger partial charge < -0.3 is 15.7 Å². The average molecular weight is 292 g/mol. The molecule has 1 aromatic rings. The second-order valence-electron chi connectivity index (χ2n) is 6.25. The third kappa shape index (κ3) is 3.27. The van der Waals surface area contributed by atoms with Crippen LogP contribution in [-0.4, -0.2) is 39.5 Å². The van der Waals surface area contributed by atoms with Crippen LogP contribution in [0, 0.1) is 0 Å². The van der Waals surface area contributed by atoms with Gasteiger partial charge in [-0.05, 0) is 19.3 Å². The molecule has 21 heavy (non-hydrogen) atoms.